The molecule has 15 heavy (non-hydrogen) atoms. The van der Waals surface area contributed by atoms with Gasteiger partial charge in [0, 0.05) is 9.86 Å². The van der Waals surface area contributed by atoms with Crippen LogP contribution in [-0.4, -0.2) is 23.3 Å². The molecule has 2 rings (SSSR count). The van der Waals surface area contributed by atoms with Gasteiger partial charge in [0.05, 0.1) is 18.2 Å². The van der Waals surface area contributed by atoms with Crippen molar-refractivity contribution in [3.63, 3.8) is 0 Å². The SMILES string of the molecule is COC(=O)c1cc(Br)cc2c(I)n[nH]c12. The van der Waals surface area contributed by atoms with Crippen LogP contribution in [0.15, 0.2) is 16.6 Å². The number of nitrogens with one attached hydrogen (secondary N) is 1. The number of aromatic amines is 1. The summed E-state index contributed by atoms with van der Waals surface area (Å²) in [5, 5.41) is 7.77. The number of fused-ring (bicyclic) bond motifs is 1. The van der Waals surface area contributed by atoms with Gasteiger partial charge in [-0.3, -0.25) is 5.10 Å². The second-order valence-corrected chi connectivity index (χ2v) is 4.82. The van der Waals surface area contributed by atoms with Gasteiger partial charge in [0.2, 0.25) is 0 Å². The Morgan fingerprint density at radius 2 is 2.33 bits per heavy atom. The summed E-state index contributed by atoms with van der Waals surface area (Å²) < 4.78 is 6.35. The van der Waals surface area contributed by atoms with Crippen LogP contribution in [-0.2, 0) is 4.74 Å². The van der Waals surface area contributed by atoms with Crippen LogP contribution in [0.4, 0.5) is 0 Å². The number of H-pyrrole nitrogens is 1. The zero-order valence-corrected chi connectivity index (χ0v) is 11.4. The molecule has 2 aromatic rings. The monoisotopic (exact) mass is 380 g/mol. The van der Waals surface area contributed by atoms with E-state index in [1.807, 2.05) is 6.07 Å². The summed E-state index contributed by atoms with van der Waals surface area (Å²) in [7, 11) is 1.36. The van der Waals surface area contributed by atoms with Crippen molar-refractivity contribution in [1.82, 2.24) is 10.2 Å². The first kappa shape index (κ1) is 10.9. The highest BCUT2D eigenvalue weighted by atomic mass is 127. The third kappa shape index (κ3) is 1.87. The van der Waals surface area contributed by atoms with Crippen LogP contribution in [0.1, 0.15) is 10.4 Å². The van der Waals surface area contributed by atoms with Crippen LogP contribution < -0.4 is 0 Å². The number of esters is 1. The Labute approximate surface area is 108 Å². The zero-order chi connectivity index (χ0) is 11.0. The molecule has 0 fully saturated rings. The molecular weight excluding hydrogens is 375 g/mol. The fraction of sp³-hybridized carbons (Fsp3) is 0.111. The molecule has 1 N–H and O–H groups in total. The summed E-state index contributed by atoms with van der Waals surface area (Å²) in [6.07, 6.45) is 0. The largest absolute Gasteiger partial charge is 0.465 e. The number of ether oxygens (including phenoxy) is 1. The predicted octanol–water partition coefficient (Wildman–Crippen LogP) is 2.72. The Morgan fingerprint density at radius 3 is 3.00 bits per heavy atom. The molecule has 4 nitrogen and oxygen atoms in total. The van der Waals surface area contributed by atoms with Crippen LogP contribution in [0.2, 0.25) is 0 Å². The molecule has 1 heterocycles. The first-order valence-corrected chi connectivity index (χ1v) is 5.92. The fourth-order valence-corrected chi connectivity index (χ4v) is 2.33. The van der Waals surface area contributed by atoms with E-state index in [4.69, 9.17) is 4.74 Å². The van der Waals surface area contributed by atoms with Gasteiger partial charge in [0.1, 0.15) is 3.70 Å². The van der Waals surface area contributed by atoms with Crippen LogP contribution in [0.25, 0.3) is 10.9 Å². The lowest BCUT2D eigenvalue weighted by molar-refractivity contribution is 0.0602. The molecule has 0 atom stereocenters. The highest BCUT2D eigenvalue weighted by Crippen LogP contribution is 2.26. The lowest BCUT2D eigenvalue weighted by atomic mass is 10.1. The minimum atomic E-state index is -0.374. The van der Waals surface area contributed by atoms with Crippen LogP contribution in [0, 0.1) is 3.70 Å². The van der Waals surface area contributed by atoms with E-state index >= 15 is 0 Å². The van der Waals surface area contributed by atoms with Crippen molar-refractivity contribution in [1.29, 1.82) is 0 Å². The average molecular weight is 381 g/mol. The van der Waals surface area contributed by atoms with Crippen molar-refractivity contribution in [2.75, 3.05) is 7.11 Å². The van der Waals surface area contributed by atoms with E-state index in [0.29, 0.717) is 11.1 Å². The molecule has 78 valence electrons. The first-order chi connectivity index (χ1) is 7.13. The van der Waals surface area contributed by atoms with Gasteiger partial charge >= 0.3 is 5.97 Å². The zero-order valence-electron chi connectivity index (χ0n) is 7.67. The molecular formula is C9H6BrIN2O2. The minimum Gasteiger partial charge on any atom is -0.465 e. The number of carbonyl (C=O) groups excluding carboxylic acids is 1. The van der Waals surface area contributed by atoms with Gasteiger partial charge in [0.15, 0.2) is 0 Å². The van der Waals surface area contributed by atoms with E-state index < -0.39 is 0 Å². The predicted molar refractivity (Wildman–Crippen MR) is 67.9 cm³/mol. The van der Waals surface area contributed by atoms with E-state index in [2.05, 4.69) is 48.7 Å². The number of benzene rings is 1. The van der Waals surface area contributed by atoms with E-state index in [1.165, 1.54) is 7.11 Å². The number of hydrogen-bond acceptors (Lipinski definition) is 3. The summed E-state index contributed by atoms with van der Waals surface area (Å²) in [4.78, 5) is 11.5. The number of halogens is 2. The first-order valence-electron chi connectivity index (χ1n) is 4.05. The lowest BCUT2D eigenvalue weighted by Gasteiger charge is -2.01. The number of carbonyl (C=O) groups is 1. The number of methoxy groups -OCH3 is 1. The second-order valence-electron chi connectivity index (χ2n) is 2.88. The lowest BCUT2D eigenvalue weighted by Crippen LogP contribution is -2.02. The Morgan fingerprint density at radius 1 is 1.60 bits per heavy atom. The second kappa shape index (κ2) is 4.09. The maximum atomic E-state index is 11.5. The van der Waals surface area contributed by atoms with Crippen molar-refractivity contribution in [3.05, 3.63) is 25.9 Å². The van der Waals surface area contributed by atoms with Gasteiger partial charge < -0.3 is 4.74 Å². The highest BCUT2D eigenvalue weighted by Gasteiger charge is 2.15. The molecule has 0 aliphatic heterocycles. The molecule has 1 aromatic carbocycles. The van der Waals surface area contributed by atoms with E-state index in [1.54, 1.807) is 6.07 Å². The molecule has 0 amide bonds. The van der Waals surface area contributed by atoms with Crippen molar-refractivity contribution in [2.45, 2.75) is 0 Å². The molecule has 0 spiro atoms. The van der Waals surface area contributed by atoms with Crippen LogP contribution >= 0.6 is 38.5 Å². The number of rotatable bonds is 1. The Balaban J connectivity index is 2.78. The average Bonchev–Trinajstić information content (AvgIpc) is 2.58. The molecule has 0 aliphatic rings. The molecule has 0 aliphatic carbocycles. The van der Waals surface area contributed by atoms with Crippen LogP contribution in [0.5, 0.6) is 0 Å². The number of hydrogen-bond donors (Lipinski definition) is 1. The Bertz CT molecular complexity index is 538. The van der Waals surface area contributed by atoms with Gasteiger partial charge in [-0.15, -0.1) is 0 Å². The molecule has 0 bridgehead atoms. The Kier molecular flexibility index (Phi) is 2.96. The Hall–Kier alpha value is -0.630. The molecule has 1 aromatic heterocycles. The normalized spacial score (nSPS) is 10.6. The summed E-state index contributed by atoms with van der Waals surface area (Å²) >= 11 is 5.45. The summed E-state index contributed by atoms with van der Waals surface area (Å²) in [5.74, 6) is -0.374. The minimum absolute atomic E-state index is 0.374. The summed E-state index contributed by atoms with van der Waals surface area (Å²) in [5.41, 5.74) is 1.19. The summed E-state index contributed by atoms with van der Waals surface area (Å²) in [6.45, 7) is 0. The molecule has 0 saturated carbocycles. The molecule has 6 heteroatoms. The topological polar surface area (TPSA) is 55.0 Å². The van der Waals surface area contributed by atoms with Gasteiger partial charge in [-0.2, -0.15) is 5.10 Å². The number of aromatic nitrogens is 2. The molecule has 0 unspecified atom stereocenters. The number of nitrogens with zero attached hydrogens (tertiary/aromatic N) is 1. The summed E-state index contributed by atoms with van der Waals surface area (Å²) in [6, 6.07) is 3.62. The third-order valence-electron chi connectivity index (χ3n) is 2.00. The van der Waals surface area contributed by atoms with E-state index in [0.717, 1.165) is 13.6 Å². The highest BCUT2D eigenvalue weighted by molar-refractivity contribution is 14.1. The van der Waals surface area contributed by atoms with Gasteiger partial charge in [-0.1, -0.05) is 15.9 Å². The van der Waals surface area contributed by atoms with Crippen molar-refractivity contribution in [3.8, 4) is 0 Å². The fourth-order valence-electron chi connectivity index (χ4n) is 1.33. The molecule has 0 saturated heterocycles. The van der Waals surface area contributed by atoms with Gasteiger partial charge in [-0.25, -0.2) is 4.79 Å². The van der Waals surface area contributed by atoms with Gasteiger partial charge in [0.25, 0.3) is 0 Å². The molecule has 0 radical (unpaired) electrons. The van der Waals surface area contributed by atoms with Crippen LogP contribution in [0.3, 0.4) is 0 Å². The third-order valence-corrected chi connectivity index (χ3v) is 3.28. The van der Waals surface area contributed by atoms with E-state index in [-0.39, 0.29) is 5.97 Å². The standard InChI is InChI=1S/C9H6BrIN2O2/c1-15-9(14)6-3-4(10)2-5-7(6)12-13-8(5)11/h2-3H,1H3,(H,12,13). The maximum absolute atomic E-state index is 11.5. The maximum Gasteiger partial charge on any atom is 0.340 e. The van der Waals surface area contributed by atoms with Crippen molar-refractivity contribution in [2.24, 2.45) is 0 Å². The smallest absolute Gasteiger partial charge is 0.340 e. The quantitative estimate of drug-likeness (QED) is 0.611. The van der Waals surface area contributed by atoms with Gasteiger partial charge in [-0.05, 0) is 34.7 Å². The van der Waals surface area contributed by atoms with E-state index in [9.17, 15) is 4.79 Å². The van der Waals surface area contributed by atoms with Crippen molar-refractivity contribution >= 4 is 55.4 Å². The van der Waals surface area contributed by atoms with Crippen molar-refractivity contribution < 1.29 is 9.53 Å².